The maximum atomic E-state index is 16.0. The predicted octanol–water partition coefficient (Wildman–Crippen LogP) is 5.74. The van der Waals surface area contributed by atoms with Crippen molar-refractivity contribution in [3.05, 3.63) is 63.8 Å². The van der Waals surface area contributed by atoms with Gasteiger partial charge in [-0.1, -0.05) is 6.42 Å². The number of aromatic nitrogens is 1. The van der Waals surface area contributed by atoms with Crippen LogP contribution in [0.1, 0.15) is 75.5 Å². The number of aliphatic hydroxyl groups is 1. The summed E-state index contributed by atoms with van der Waals surface area (Å²) in [5, 5.41) is 15.1. The van der Waals surface area contributed by atoms with Crippen molar-refractivity contribution in [2.75, 3.05) is 17.7 Å². The molecule has 1 unspecified atom stereocenters. The zero-order chi connectivity index (χ0) is 36.4. The molecule has 4 atom stereocenters. The van der Waals surface area contributed by atoms with E-state index < -0.39 is 30.1 Å². The van der Waals surface area contributed by atoms with Crippen molar-refractivity contribution in [2.24, 2.45) is 27.4 Å². The minimum absolute atomic E-state index is 0.0297. The highest BCUT2D eigenvalue weighted by atomic mass is 32.2. The van der Waals surface area contributed by atoms with Gasteiger partial charge in [0, 0.05) is 57.8 Å². The summed E-state index contributed by atoms with van der Waals surface area (Å²) in [6.45, 7) is 2.34. The zero-order valence-corrected chi connectivity index (χ0v) is 29.4. The van der Waals surface area contributed by atoms with Gasteiger partial charge in [0.25, 0.3) is 0 Å². The Hall–Kier alpha value is -3.66. The van der Waals surface area contributed by atoms with Crippen LogP contribution in [-0.4, -0.2) is 53.5 Å². The summed E-state index contributed by atoms with van der Waals surface area (Å²) in [6.07, 6.45) is 4.18. The van der Waals surface area contributed by atoms with Crippen molar-refractivity contribution in [1.82, 2.24) is 10.3 Å². The molecule has 0 bridgehead atoms. The zero-order valence-electron chi connectivity index (χ0n) is 28.6. The van der Waals surface area contributed by atoms with Crippen LogP contribution in [0.15, 0.2) is 45.2 Å². The Morgan fingerprint density at radius 2 is 1.94 bits per heavy atom. The number of hydrogen-bond donors (Lipinski definition) is 5. The molecule has 0 radical (unpaired) electrons. The van der Waals surface area contributed by atoms with E-state index in [1.165, 1.54) is 34.9 Å². The first-order chi connectivity index (χ1) is 24.3. The van der Waals surface area contributed by atoms with Crippen LogP contribution >= 0.6 is 11.8 Å². The lowest BCUT2D eigenvalue weighted by Gasteiger charge is -2.33. The molecule has 6 rings (SSSR count). The van der Waals surface area contributed by atoms with Gasteiger partial charge in [-0.3, -0.25) is 4.99 Å². The average molecular weight is 734 g/mol. The number of halogens is 5. The van der Waals surface area contributed by atoms with Crippen LogP contribution in [0.4, 0.5) is 27.6 Å². The van der Waals surface area contributed by atoms with Crippen LogP contribution in [0.25, 0.3) is 17.5 Å². The van der Waals surface area contributed by atoms with E-state index in [9.17, 15) is 18.3 Å². The molecule has 3 heterocycles. The first-order valence-electron chi connectivity index (χ1n) is 17.3. The van der Waals surface area contributed by atoms with Crippen molar-refractivity contribution in [1.29, 1.82) is 0 Å². The fourth-order valence-corrected chi connectivity index (χ4v) is 7.71. The lowest BCUT2D eigenvalue weighted by atomic mass is 9.91. The number of fused-ring (bicyclic) bond motifs is 1. The molecule has 1 saturated carbocycles. The second-order valence-electron chi connectivity index (χ2n) is 13.6. The Kier molecular flexibility index (Phi) is 11.3. The smallest absolute Gasteiger partial charge is 0.403 e. The number of thioether (sulfide) groups is 1. The largest absolute Gasteiger partial charge is 0.573 e. The molecular weight excluding hydrogens is 689 g/mol. The number of benzene rings is 2. The van der Waals surface area contributed by atoms with E-state index in [-0.39, 0.29) is 34.9 Å². The van der Waals surface area contributed by atoms with Crippen molar-refractivity contribution < 1.29 is 31.8 Å². The number of piperidine rings is 1. The fraction of sp³-hybridized carbons (Fsp3) is 0.500. The monoisotopic (exact) mass is 733 g/mol. The first-order valence-corrected chi connectivity index (χ1v) is 18.5. The number of aliphatic hydroxyl groups excluding tert-OH is 1. The molecule has 2 fully saturated rings. The maximum Gasteiger partial charge on any atom is 0.573 e. The summed E-state index contributed by atoms with van der Waals surface area (Å²) in [6, 6.07) is 7.24. The molecule has 9 nitrogen and oxygen atoms in total. The van der Waals surface area contributed by atoms with Crippen LogP contribution in [0.5, 0.6) is 5.75 Å². The van der Waals surface area contributed by atoms with Gasteiger partial charge in [-0.05, 0) is 106 Å². The maximum absolute atomic E-state index is 16.0. The second kappa shape index (κ2) is 15.5. The highest BCUT2D eigenvalue weighted by molar-refractivity contribution is 7.98. The molecule has 2 aliphatic heterocycles. The SMILES string of the molecule is CSc1cc(N2C=c3cc(-c4cc(CCC[C@@H](N)C5CC5)cc(OC(F)(F)F)c4F)[nH]c3=NC2O)cc(F)c1[C@@H]1CCC[C@@H](CCN=C(C)N)N1. The molecule has 1 aromatic heterocycles. The Morgan fingerprint density at radius 1 is 1.16 bits per heavy atom. The van der Waals surface area contributed by atoms with Crippen LogP contribution in [0.3, 0.4) is 0 Å². The number of amidine groups is 1. The van der Waals surface area contributed by atoms with E-state index in [0.717, 1.165) is 44.6 Å². The third kappa shape index (κ3) is 9.05. The molecule has 7 N–H and O–H groups in total. The van der Waals surface area contributed by atoms with Gasteiger partial charge in [0.15, 0.2) is 11.6 Å². The predicted molar refractivity (Wildman–Crippen MR) is 189 cm³/mol. The summed E-state index contributed by atoms with van der Waals surface area (Å²) in [5.41, 5.74) is 13.5. The quantitative estimate of drug-likeness (QED) is 0.0654. The number of anilines is 1. The Morgan fingerprint density at radius 3 is 2.65 bits per heavy atom. The molecule has 0 spiro atoms. The lowest BCUT2D eigenvalue weighted by molar-refractivity contribution is -0.275. The molecule has 3 aliphatic rings. The van der Waals surface area contributed by atoms with Gasteiger partial charge in [-0.2, -0.15) is 0 Å². The Balaban J connectivity index is 1.27. The molecule has 3 aromatic rings. The highest BCUT2D eigenvalue weighted by Crippen LogP contribution is 2.39. The van der Waals surface area contributed by atoms with Crippen molar-refractivity contribution >= 4 is 29.5 Å². The van der Waals surface area contributed by atoms with Crippen LogP contribution in [-0.2, 0) is 6.42 Å². The lowest BCUT2D eigenvalue weighted by Crippen LogP contribution is -2.41. The Labute approximate surface area is 297 Å². The summed E-state index contributed by atoms with van der Waals surface area (Å²) >= 11 is 1.39. The standard InChI is InChI=1S/C36H44F5N7O2S/c1-19(42)44-12-11-23-6-4-8-28(45-23)32-26(37)16-24(17-31(32)51-2)48-18-22-15-29(46-34(22)47-35(48)49)25-13-20(5-3-7-27(43)21-9-10-21)14-30(33(25)38)50-36(39,40)41/h13-18,21,23,27-28,35,45,49H,3-12,43H2,1-2H3,(H2,42,44)(H,46,47)/t23-,27+,28-,35?/m0/s1. The van der Waals surface area contributed by atoms with Gasteiger partial charge in [-0.15, -0.1) is 24.9 Å². The number of aliphatic imine (C=N–C) groups is 1. The normalized spacial score (nSPS) is 21.5. The average Bonchev–Trinajstić information content (AvgIpc) is 3.84. The molecule has 0 amide bonds. The van der Waals surface area contributed by atoms with E-state index >= 15 is 8.78 Å². The third-order valence-corrected chi connectivity index (χ3v) is 10.5. The van der Waals surface area contributed by atoms with Gasteiger partial charge >= 0.3 is 6.36 Å². The van der Waals surface area contributed by atoms with Crippen LogP contribution < -0.4 is 37.1 Å². The van der Waals surface area contributed by atoms with Crippen LogP contribution in [0, 0.1) is 17.6 Å². The summed E-state index contributed by atoms with van der Waals surface area (Å²) < 4.78 is 75.5. The van der Waals surface area contributed by atoms with Gasteiger partial charge in [0.1, 0.15) is 11.3 Å². The topological polar surface area (TPSA) is 137 Å². The highest BCUT2D eigenvalue weighted by Gasteiger charge is 2.34. The molecule has 1 aliphatic carbocycles. The van der Waals surface area contributed by atoms with Crippen molar-refractivity contribution in [2.45, 2.75) is 100 Å². The van der Waals surface area contributed by atoms with Gasteiger partial charge in [0.05, 0.1) is 11.5 Å². The van der Waals surface area contributed by atoms with E-state index in [0.29, 0.717) is 64.5 Å². The van der Waals surface area contributed by atoms with Crippen molar-refractivity contribution in [3.63, 3.8) is 0 Å². The number of nitrogens with two attached hydrogens (primary N) is 2. The minimum Gasteiger partial charge on any atom is -0.403 e. The van der Waals surface area contributed by atoms with Crippen LogP contribution in [0.2, 0.25) is 0 Å². The first kappa shape index (κ1) is 37.1. The van der Waals surface area contributed by atoms with E-state index in [4.69, 9.17) is 11.5 Å². The van der Waals surface area contributed by atoms with Gasteiger partial charge in [0.2, 0.25) is 6.35 Å². The number of nitrogens with one attached hydrogen (secondary N) is 2. The number of alkyl halides is 3. The fourth-order valence-electron chi connectivity index (χ4n) is 7.01. The third-order valence-electron chi connectivity index (χ3n) is 9.71. The van der Waals surface area contributed by atoms with Gasteiger partial charge < -0.3 is 36.5 Å². The summed E-state index contributed by atoms with van der Waals surface area (Å²) in [5.74, 6) is -1.54. The van der Waals surface area contributed by atoms with Gasteiger partial charge in [-0.25, -0.2) is 13.8 Å². The molecule has 51 heavy (non-hydrogen) atoms. The molecule has 2 aromatic carbocycles. The van der Waals surface area contributed by atoms with E-state index in [1.54, 1.807) is 19.2 Å². The number of hydrogen-bond acceptors (Lipinski definition) is 8. The number of rotatable bonds is 13. The molecule has 276 valence electrons. The number of H-pyrrole nitrogens is 1. The molecular formula is C36H44F5N7O2S. The number of nitrogens with zero attached hydrogens (tertiary/aromatic N) is 3. The second-order valence-corrected chi connectivity index (χ2v) is 14.4. The number of ether oxygens (including phenoxy) is 1. The number of aryl methyl sites for hydroxylation is 1. The Bertz CT molecular complexity index is 1880. The molecule has 15 heteroatoms. The summed E-state index contributed by atoms with van der Waals surface area (Å²) in [7, 11) is 0. The van der Waals surface area contributed by atoms with E-state index in [2.05, 4.69) is 25.0 Å². The molecule has 1 saturated heterocycles. The van der Waals surface area contributed by atoms with Crippen molar-refractivity contribution in [3.8, 4) is 17.0 Å². The number of aromatic amines is 1. The summed E-state index contributed by atoms with van der Waals surface area (Å²) in [4.78, 5) is 13.6. The van der Waals surface area contributed by atoms with E-state index in [1.807, 2.05) is 6.26 Å². The minimum atomic E-state index is -5.10.